The van der Waals surface area contributed by atoms with E-state index in [9.17, 15) is 14.4 Å². The van der Waals surface area contributed by atoms with Gasteiger partial charge in [-0.2, -0.15) is 15.4 Å². The molecule has 0 aliphatic carbocycles. The number of amides is 2. The van der Waals surface area contributed by atoms with Gasteiger partial charge in [0.05, 0.1) is 12.0 Å². The molecule has 0 atom stereocenters. The van der Waals surface area contributed by atoms with Gasteiger partial charge in [-0.25, -0.2) is 4.98 Å². The Morgan fingerprint density at radius 2 is 1.66 bits per heavy atom. The van der Waals surface area contributed by atoms with Crippen LogP contribution in [0.4, 0.5) is 0 Å². The maximum absolute atomic E-state index is 12.3. The second kappa shape index (κ2) is 11.4. The molecule has 0 aliphatic rings. The molecule has 0 radical (unpaired) electrons. The molecule has 2 aromatic carbocycles. The van der Waals surface area contributed by atoms with Crippen LogP contribution in [0.1, 0.15) is 29.6 Å². The smallest absolute Gasteiger partial charge is 0.254 e. The Kier molecular flexibility index (Phi) is 7.84. The van der Waals surface area contributed by atoms with Gasteiger partial charge >= 0.3 is 0 Å². The van der Waals surface area contributed by atoms with Crippen LogP contribution < -0.4 is 16.2 Å². The van der Waals surface area contributed by atoms with Crippen molar-refractivity contribution in [3.8, 4) is 11.3 Å². The summed E-state index contributed by atoms with van der Waals surface area (Å²) in [6.07, 6.45) is 3.74. The Morgan fingerprint density at radius 3 is 2.43 bits per heavy atom. The van der Waals surface area contributed by atoms with E-state index in [0.717, 1.165) is 24.8 Å². The Bertz CT molecular complexity index is 1380. The number of nitrogens with zero attached hydrogens (tertiary/aromatic N) is 4. The zero-order chi connectivity index (χ0) is 24.6. The third kappa shape index (κ3) is 6.51. The van der Waals surface area contributed by atoms with Crippen LogP contribution in [-0.2, 0) is 11.3 Å². The number of hydrogen-bond donors (Lipinski definition) is 3. The lowest BCUT2D eigenvalue weighted by Crippen LogP contribution is -2.32. The van der Waals surface area contributed by atoms with Crippen LogP contribution in [0.3, 0.4) is 0 Å². The summed E-state index contributed by atoms with van der Waals surface area (Å²) in [5.74, 6) is -0.422. The molecule has 10 nitrogen and oxygen atoms in total. The molecule has 4 aromatic rings. The van der Waals surface area contributed by atoms with Gasteiger partial charge in [-0.15, -0.1) is 0 Å². The summed E-state index contributed by atoms with van der Waals surface area (Å²) in [5.41, 5.74) is 2.87. The molecule has 2 heterocycles. The second-order valence-electron chi connectivity index (χ2n) is 7.94. The van der Waals surface area contributed by atoms with Crippen molar-refractivity contribution < 1.29 is 9.59 Å². The van der Waals surface area contributed by atoms with Crippen LogP contribution in [0.15, 0.2) is 59.7 Å². The maximum atomic E-state index is 12.3. The Morgan fingerprint density at radius 1 is 0.914 bits per heavy atom. The predicted octanol–water partition coefficient (Wildman–Crippen LogP) is 2.55. The number of halogens is 1. The number of unbranched alkanes of at least 4 members (excludes halogenated alkanes) is 2. The van der Waals surface area contributed by atoms with Crippen molar-refractivity contribution >= 4 is 34.4 Å². The third-order valence-electron chi connectivity index (χ3n) is 5.37. The van der Waals surface area contributed by atoms with Crippen LogP contribution in [0.2, 0.25) is 5.02 Å². The van der Waals surface area contributed by atoms with E-state index in [1.54, 1.807) is 42.5 Å². The predicted molar refractivity (Wildman–Crippen MR) is 132 cm³/mol. The number of carbonyl (C=O) groups is 2. The molecule has 0 unspecified atom stereocenters. The zero-order valence-electron chi connectivity index (χ0n) is 18.8. The number of H-pyrrole nitrogens is 1. The van der Waals surface area contributed by atoms with Crippen molar-refractivity contribution in [1.82, 2.24) is 35.6 Å². The molecular weight excluding hydrogens is 470 g/mol. The van der Waals surface area contributed by atoms with Gasteiger partial charge in [0.2, 0.25) is 5.91 Å². The fourth-order valence-corrected chi connectivity index (χ4v) is 3.60. The third-order valence-corrected chi connectivity index (χ3v) is 5.63. The van der Waals surface area contributed by atoms with E-state index in [1.807, 2.05) is 0 Å². The molecular formula is C24H24ClN7O3. The normalized spacial score (nSPS) is 10.9. The van der Waals surface area contributed by atoms with Crippen LogP contribution in [0.5, 0.6) is 0 Å². The van der Waals surface area contributed by atoms with E-state index in [1.165, 1.54) is 17.0 Å². The minimum atomic E-state index is -0.307. The summed E-state index contributed by atoms with van der Waals surface area (Å²) in [6.45, 7) is 0.921. The summed E-state index contributed by atoms with van der Waals surface area (Å²) >= 11 is 5.89. The van der Waals surface area contributed by atoms with E-state index in [4.69, 9.17) is 11.6 Å². The largest absolute Gasteiger partial charge is 0.355 e. The fraction of sp³-hybridized carbons (Fsp3) is 0.250. The van der Waals surface area contributed by atoms with Gasteiger partial charge in [-0.1, -0.05) is 23.7 Å². The quantitative estimate of drug-likeness (QED) is 0.291. The Labute approximate surface area is 205 Å². The van der Waals surface area contributed by atoms with E-state index in [2.05, 4.69) is 31.0 Å². The number of fused-ring (bicyclic) bond motifs is 1. The van der Waals surface area contributed by atoms with Gasteiger partial charge in [-0.3, -0.25) is 19.0 Å². The number of nitrogens with one attached hydrogen (secondary N) is 3. The summed E-state index contributed by atoms with van der Waals surface area (Å²) in [4.78, 5) is 41.0. The first-order valence-electron chi connectivity index (χ1n) is 11.2. The molecule has 11 heteroatoms. The summed E-state index contributed by atoms with van der Waals surface area (Å²) in [6, 6.07) is 13.6. The van der Waals surface area contributed by atoms with Crippen molar-refractivity contribution in [3.63, 3.8) is 0 Å². The van der Waals surface area contributed by atoms with Crippen LogP contribution >= 0.6 is 11.6 Å². The van der Waals surface area contributed by atoms with Crippen molar-refractivity contribution in [1.29, 1.82) is 0 Å². The Hall–Kier alpha value is -4.05. The highest BCUT2D eigenvalue weighted by Crippen LogP contribution is 2.18. The van der Waals surface area contributed by atoms with Crippen molar-refractivity contribution in [2.75, 3.05) is 13.1 Å². The molecule has 0 fully saturated rings. The first-order valence-corrected chi connectivity index (χ1v) is 11.6. The highest BCUT2D eigenvalue weighted by molar-refractivity contribution is 6.30. The molecule has 35 heavy (non-hydrogen) atoms. The minimum absolute atomic E-state index is 0.0986. The first kappa shape index (κ1) is 24.1. The number of rotatable bonds is 10. The highest BCUT2D eigenvalue weighted by atomic mass is 35.5. The van der Waals surface area contributed by atoms with Crippen LogP contribution in [0.25, 0.3) is 22.3 Å². The van der Waals surface area contributed by atoms with Gasteiger partial charge in [-0.05, 0) is 49.6 Å². The average Bonchev–Trinajstić information content (AvgIpc) is 3.33. The topological polar surface area (TPSA) is 135 Å². The van der Waals surface area contributed by atoms with E-state index in [-0.39, 0.29) is 23.9 Å². The molecule has 0 aliphatic heterocycles. The van der Waals surface area contributed by atoms with Gasteiger partial charge in [0.1, 0.15) is 17.6 Å². The van der Waals surface area contributed by atoms with Crippen molar-refractivity contribution in [3.05, 3.63) is 75.8 Å². The lowest BCUT2D eigenvalue weighted by Gasteiger charge is -2.08. The van der Waals surface area contributed by atoms with Gasteiger partial charge in [0.25, 0.3) is 11.5 Å². The second-order valence-corrected chi connectivity index (χ2v) is 8.38. The van der Waals surface area contributed by atoms with Gasteiger partial charge in [0.15, 0.2) is 0 Å². The fourth-order valence-electron chi connectivity index (χ4n) is 3.47. The van der Waals surface area contributed by atoms with Crippen LogP contribution in [-0.4, -0.2) is 49.9 Å². The SMILES string of the molecule is O=C(Cn1cnc(-c2ccc(Cl)cc2)cc1=O)NCCCCCNC(=O)c1ccc2n[nH]nc2c1. The number of carbonyl (C=O) groups excluding carboxylic acids is 2. The lowest BCUT2D eigenvalue weighted by molar-refractivity contribution is -0.121. The number of benzene rings is 2. The standard InChI is InChI=1S/C24H24ClN7O3/c25-18-7-4-16(5-8-18)20-13-23(34)32(15-28-20)14-22(33)26-10-2-1-3-11-27-24(35)17-6-9-19-21(12-17)30-31-29-19/h4-9,12-13,15H,1-3,10-11,14H2,(H,26,33)(H,27,35)(H,29,30,31). The molecule has 2 amide bonds. The van der Waals surface area contributed by atoms with Crippen molar-refractivity contribution in [2.24, 2.45) is 0 Å². The molecule has 0 bridgehead atoms. The van der Waals surface area contributed by atoms with E-state index < -0.39 is 0 Å². The molecule has 2 aromatic heterocycles. The van der Waals surface area contributed by atoms with E-state index >= 15 is 0 Å². The number of aromatic amines is 1. The molecule has 3 N–H and O–H groups in total. The minimum Gasteiger partial charge on any atom is -0.355 e. The van der Waals surface area contributed by atoms with Gasteiger partial charge < -0.3 is 10.6 Å². The maximum Gasteiger partial charge on any atom is 0.254 e. The Balaban J connectivity index is 1.13. The average molecular weight is 494 g/mol. The van der Waals surface area contributed by atoms with Gasteiger partial charge in [0, 0.05) is 35.3 Å². The van der Waals surface area contributed by atoms with Crippen molar-refractivity contribution in [2.45, 2.75) is 25.8 Å². The van der Waals surface area contributed by atoms with E-state index in [0.29, 0.717) is 40.4 Å². The molecule has 4 rings (SSSR count). The summed E-state index contributed by atoms with van der Waals surface area (Å²) in [5, 5.41) is 16.7. The number of hydrogen-bond acceptors (Lipinski definition) is 6. The number of aromatic nitrogens is 5. The summed E-state index contributed by atoms with van der Waals surface area (Å²) < 4.78 is 1.26. The molecule has 0 saturated carbocycles. The van der Waals surface area contributed by atoms with Crippen LogP contribution in [0, 0.1) is 0 Å². The first-order chi connectivity index (χ1) is 17.0. The monoisotopic (exact) mass is 493 g/mol. The molecule has 0 saturated heterocycles. The zero-order valence-corrected chi connectivity index (χ0v) is 19.6. The summed E-state index contributed by atoms with van der Waals surface area (Å²) in [7, 11) is 0. The molecule has 180 valence electrons. The molecule has 0 spiro atoms. The highest BCUT2D eigenvalue weighted by Gasteiger charge is 2.09. The lowest BCUT2D eigenvalue weighted by atomic mass is 10.1.